The third kappa shape index (κ3) is 3.93. The van der Waals surface area contributed by atoms with Crippen LogP contribution in [0.3, 0.4) is 0 Å². The second-order valence-corrected chi connectivity index (χ2v) is 5.70. The maximum atomic E-state index is 11.0. The fourth-order valence-corrected chi connectivity index (χ4v) is 2.68. The van der Waals surface area contributed by atoms with Crippen molar-refractivity contribution < 1.29 is 9.21 Å². The van der Waals surface area contributed by atoms with Crippen molar-refractivity contribution in [1.82, 2.24) is 9.97 Å². The minimum absolute atomic E-state index is 0.181. The summed E-state index contributed by atoms with van der Waals surface area (Å²) in [6.45, 7) is 1.86. The summed E-state index contributed by atoms with van der Waals surface area (Å²) in [5.41, 5.74) is 5.73. The molecule has 0 aliphatic heterocycles. The Morgan fingerprint density at radius 1 is 1.62 bits per heavy atom. The molecule has 0 aliphatic carbocycles. The van der Waals surface area contributed by atoms with Crippen LogP contribution in [0.25, 0.3) is 6.08 Å². The van der Waals surface area contributed by atoms with Gasteiger partial charge in [-0.1, -0.05) is 0 Å². The Morgan fingerprint density at radius 3 is 3.00 bits per heavy atom. The number of carbonyl (C=O) groups is 1. The second-order valence-electron chi connectivity index (χ2n) is 3.90. The molecule has 0 saturated heterocycles. The predicted molar refractivity (Wildman–Crippen MR) is 80.1 cm³/mol. The van der Waals surface area contributed by atoms with Crippen LogP contribution in [0, 0.1) is 18.3 Å². The molecular weight excluding hydrogens is 356 g/mol. The van der Waals surface area contributed by atoms with Gasteiger partial charge in [-0.2, -0.15) is 5.26 Å². The first-order valence-electron chi connectivity index (χ1n) is 5.68. The van der Waals surface area contributed by atoms with Gasteiger partial charge in [0.25, 0.3) is 5.91 Å². The lowest BCUT2D eigenvalue weighted by Crippen LogP contribution is -2.12. The molecule has 0 aromatic carbocycles. The average Bonchev–Trinajstić information content (AvgIpc) is 2.76. The molecule has 0 radical (unpaired) electrons. The van der Waals surface area contributed by atoms with Gasteiger partial charge in [-0.3, -0.25) is 4.79 Å². The van der Waals surface area contributed by atoms with Crippen LogP contribution in [0.5, 0.6) is 0 Å². The highest BCUT2D eigenvalue weighted by atomic mass is 79.9. The van der Waals surface area contributed by atoms with E-state index in [1.54, 1.807) is 24.4 Å². The molecule has 1 amide bonds. The van der Waals surface area contributed by atoms with Gasteiger partial charge in [0, 0.05) is 18.0 Å². The lowest BCUT2D eigenvalue weighted by molar-refractivity contribution is -0.114. The Labute approximate surface area is 133 Å². The lowest BCUT2D eigenvalue weighted by Gasteiger charge is -1.98. The molecule has 0 atom stereocenters. The Bertz CT molecular complexity index is 764. The van der Waals surface area contributed by atoms with Crippen molar-refractivity contribution in [3.8, 4) is 6.07 Å². The fraction of sp³-hybridized carbons (Fsp3) is 0.0769. The highest BCUT2D eigenvalue weighted by Gasteiger charge is 2.13. The number of hydrogen-bond acceptors (Lipinski definition) is 6. The molecule has 21 heavy (non-hydrogen) atoms. The third-order valence-electron chi connectivity index (χ3n) is 2.30. The van der Waals surface area contributed by atoms with E-state index in [9.17, 15) is 4.79 Å². The van der Waals surface area contributed by atoms with Crippen molar-refractivity contribution >= 4 is 39.7 Å². The van der Waals surface area contributed by atoms with Crippen molar-refractivity contribution in [3.63, 3.8) is 0 Å². The molecule has 0 fully saturated rings. The third-order valence-corrected chi connectivity index (χ3v) is 4.02. The molecule has 8 heteroatoms. The molecule has 0 bridgehead atoms. The van der Waals surface area contributed by atoms with Gasteiger partial charge in [0.2, 0.25) is 0 Å². The number of aryl methyl sites for hydroxylation is 1. The zero-order valence-electron chi connectivity index (χ0n) is 10.8. The molecule has 2 heterocycles. The summed E-state index contributed by atoms with van der Waals surface area (Å²) < 4.78 is 6.21. The summed E-state index contributed by atoms with van der Waals surface area (Å²) in [7, 11) is 0. The van der Waals surface area contributed by atoms with Gasteiger partial charge < -0.3 is 10.2 Å². The van der Waals surface area contributed by atoms with Crippen LogP contribution in [0.2, 0.25) is 0 Å². The van der Waals surface area contributed by atoms with Crippen LogP contribution in [-0.4, -0.2) is 15.9 Å². The smallest absolute Gasteiger partial charge is 0.259 e. The van der Waals surface area contributed by atoms with E-state index < -0.39 is 5.91 Å². The van der Waals surface area contributed by atoms with Crippen LogP contribution in [0.4, 0.5) is 0 Å². The number of rotatable bonds is 4. The lowest BCUT2D eigenvalue weighted by atomic mass is 10.2. The summed E-state index contributed by atoms with van der Waals surface area (Å²) in [4.78, 5) is 19.4. The highest BCUT2D eigenvalue weighted by molar-refractivity contribution is 9.10. The second kappa shape index (κ2) is 6.56. The molecule has 6 nitrogen and oxygen atoms in total. The Morgan fingerprint density at radius 2 is 2.38 bits per heavy atom. The average molecular weight is 365 g/mol. The van der Waals surface area contributed by atoms with E-state index in [-0.39, 0.29) is 5.57 Å². The summed E-state index contributed by atoms with van der Waals surface area (Å²) >= 11 is 4.57. The van der Waals surface area contributed by atoms with Crippen LogP contribution in [0.15, 0.2) is 43.0 Å². The standard InChI is InChI=1S/C13H9BrN4O2S/c1-7-2-3-17-13(18-7)21-12-10(14)5-9(20-12)4-8(6-15)11(16)19/h2-5H,1H3,(H2,16,19)/b8-4+. The van der Waals surface area contributed by atoms with Gasteiger partial charge in [0.1, 0.15) is 17.4 Å². The highest BCUT2D eigenvalue weighted by Crippen LogP contribution is 2.34. The first-order valence-corrected chi connectivity index (χ1v) is 7.29. The predicted octanol–water partition coefficient (Wildman–Crippen LogP) is 2.68. The molecule has 2 aromatic rings. The summed E-state index contributed by atoms with van der Waals surface area (Å²) in [6, 6.07) is 5.15. The Kier molecular flexibility index (Phi) is 4.77. The van der Waals surface area contributed by atoms with Crippen molar-refractivity contribution in [2.45, 2.75) is 17.2 Å². The number of aromatic nitrogens is 2. The Hall–Kier alpha value is -2.11. The molecule has 0 saturated carbocycles. The van der Waals surface area contributed by atoms with E-state index >= 15 is 0 Å². The minimum Gasteiger partial charge on any atom is -0.449 e. The van der Waals surface area contributed by atoms with Gasteiger partial charge in [0.15, 0.2) is 10.2 Å². The molecule has 0 unspecified atom stereocenters. The SMILES string of the molecule is Cc1ccnc(Sc2oc(/C=C(\C#N)C(N)=O)cc2Br)n1. The van der Waals surface area contributed by atoms with E-state index in [0.29, 0.717) is 20.5 Å². The number of nitrogens with two attached hydrogens (primary N) is 1. The largest absolute Gasteiger partial charge is 0.449 e. The number of primary amides is 1. The number of nitrogens with zero attached hydrogens (tertiary/aromatic N) is 3. The Balaban J connectivity index is 2.28. The first kappa shape index (κ1) is 15.3. The van der Waals surface area contributed by atoms with Gasteiger partial charge in [-0.15, -0.1) is 0 Å². The zero-order chi connectivity index (χ0) is 15.4. The van der Waals surface area contributed by atoms with Gasteiger partial charge in [-0.25, -0.2) is 9.97 Å². The van der Waals surface area contributed by atoms with Crippen LogP contribution in [0.1, 0.15) is 11.5 Å². The van der Waals surface area contributed by atoms with E-state index in [1.165, 1.54) is 17.8 Å². The van der Waals surface area contributed by atoms with E-state index in [4.69, 9.17) is 15.4 Å². The number of halogens is 1. The summed E-state index contributed by atoms with van der Waals surface area (Å²) in [6.07, 6.45) is 2.94. The zero-order valence-corrected chi connectivity index (χ0v) is 13.2. The maximum absolute atomic E-state index is 11.0. The molecule has 2 aromatic heterocycles. The van der Waals surface area contributed by atoms with Crippen molar-refractivity contribution in [2.75, 3.05) is 0 Å². The topological polar surface area (TPSA) is 106 Å². The fourth-order valence-electron chi connectivity index (χ4n) is 1.37. The monoisotopic (exact) mass is 364 g/mol. The normalized spacial score (nSPS) is 11.2. The van der Waals surface area contributed by atoms with Crippen LogP contribution in [-0.2, 0) is 4.79 Å². The maximum Gasteiger partial charge on any atom is 0.259 e. The molecule has 106 valence electrons. The van der Waals surface area contributed by atoms with E-state index in [1.807, 2.05) is 6.92 Å². The number of carbonyl (C=O) groups excluding carboxylic acids is 1. The van der Waals surface area contributed by atoms with Gasteiger partial charge in [0.05, 0.1) is 4.47 Å². The van der Waals surface area contributed by atoms with Gasteiger partial charge in [-0.05, 0) is 46.7 Å². The molecular formula is C13H9BrN4O2S. The molecule has 0 aliphatic rings. The summed E-state index contributed by atoms with van der Waals surface area (Å²) in [5.74, 6) is -0.464. The summed E-state index contributed by atoms with van der Waals surface area (Å²) in [5, 5.41) is 9.86. The van der Waals surface area contributed by atoms with Crippen molar-refractivity contribution in [3.05, 3.63) is 39.8 Å². The number of amides is 1. The molecule has 2 rings (SSSR count). The van der Waals surface area contributed by atoms with E-state index in [2.05, 4.69) is 25.9 Å². The van der Waals surface area contributed by atoms with Crippen LogP contribution < -0.4 is 5.73 Å². The van der Waals surface area contributed by atoms with Crippen LogP contribution >= 0.6 is 27.7 Å². The number of hydrogen-bond donors (Lipinski definition) is 1. The first-order chi connectivity index (χ1) is 9.99. The van der Waals surface area contributed by atoms with Gasteiger partial charge >= 0.3 is 0 Å². The van der Waals surface area contributed by atoms with Crippen molar-refractivity contribution in [1.29, 1.82) is 5.26 Å². The molecule has 2 N–H and O–H groups in total. The number of furan rings is 1. The quantitative estimate of drug-likeness (QED) is 0.507. The minimum atomic E-state index is -0.804. The van der Waals surface area contributed by atoms with E-state index in [0.717, 1.165) is 5.69 Å². The molecule has 0 spiro atoms. The van der Waals surface area contributed by atoms with Crippen molar-refractivity contribution in [2.24, 2.45) is 5.73 Å². The number of nitriles is 1.